The summed E-state index contributed by atoms with van der Waals surface area (Å²) in [6.07, 6.45) is 6.84. The van der Waals surface area contributed by atoms with E-state index in [2.05, 4.69) is 38.7 Å². The zero-order valence-electron chi connectivity index (χ0n) is 17.2. The molecule has 1 fully saturated rings. The lowest BCUT2D eigenvalue weighted by Crippen LogP contribution is -2.43. The second-order valence-corrected chi connectivity index (χ2v) is 7.35. The van der Waals surface area contributed by atoms with Crippen LogP contribution in [0.25, 0.3) is 0 Å². The fourth-order valence-electron chi connectivity index (χ4n) is 3.89. The van der Waals surface area contributed by atoms with Gasteiger partial charge in [-0.25, -0.2) is 0 Å². The Bertz CT molecular complexity index is 651. The predicted octanol–water partition coefficient (Wildman–Crippen LogP) is 2.73. The molecule has 1 aromatic rings. The molecule has 0 radical (unpaired) electrons. The van der Waals surface area contributed by atoms with Crippen molar-refractivity contribution in [3.05, 3.63) is 41.5 Å². The van der Waals surface area contributed by atoms with Crippen LogP contribution in [-0.2, 0) is 4.74 Å². The molecule has 1 aromatic carbocycles. The Morgan fingerprint density at radius 2 is 2.00 bits per heavy atom. The molecular weight excluding hydrogens is 352 g/mol. The van der Waals surface area contributed by atoms with Gasteiger partial charge in [0.1, 0.15) is 5.75 Å². The minimum atomic E-state index is 0.338. The van der Waals surface area contributed by atoms with Crippen molar-refractivity contribution < 1.29 is 9.47 Å². The maximum atomic E-state index is 5.37. The van der Waals surface area contributed by atoms with E-state index in [-0.39, 0.29) is 0 Å². The van der Waals surface area contributed by atoms with Crippen molar-refractivity contribution in [3.8, 4) is 5.75 Å². The molecule has 0 saturated carbocycles. The van der Waals surface area contributed by atoms with E-state index < -0.39 is 0 Å². The SMILES string of the molecule is CN=C(NCCC1=CCOCC1)NCC(c1ccc(OC)cc1)N1CCCC1. The summed E-state index contributed by atoms with van der Waals surface area (Å²) in [5, 5.41) is 6.98. The number of aliphatic imine (C=N–C) groups is 1. The highest BCUT2D eigenvalue weighted by Gasteiger charge is 2.23. The highest BCUT2D eigenvalue weighted by Crippen LogP contribution is 2.26. The number of likely N-dealkylation sites (tertiary alicyclic amines) is 1. The summed E-state index contributed by atoms with van der Waals surface area (Å²) < 4.78 is 10.7. The van der Waals surface area contributed by atoms with Gasteiger partial charge in [-0.1, -0.05) is 23.8 Å². The van der Waals surface area contributed by atoms with Crippen LogP contribution in [0.15, 0.2) is 40.9 Å². The standard InChI is InChI=1S/C22H34N4O2/c1-23-22(24-12-9-18-10-15-28-16-11-18)25-17-21(26-13-3-4-14-26)19-5-7-20(27-2)8-6-19/h5-8,10,21H,3-4,9,11-17H2,1-2H3,(H2,23,24,25). The smallest absolute Gasteiger partial charge is 0.191 e. The maximum Gasteiger partial charge on any atom is 0.191 e. The van der Waals surface area contributed by atoms with Crippen LogP contribution in [0.5, 0.6) is 5.75 Å². The zero-order chi connectivity index (χ0) is 19.6. The van der Waals surface area contributed by atoms with Crippen LogP contribution >= 0.6 is 0 Å². The van der Waals surface area contributed by atoms with Gasteiger partial charge in [-0.15, -0.1) is 0 Å². The second-order valence-electron chi connectivity index (χ2n) is 7.35. The van der Waals surface area contributed by atoms with Gasteiger partial charge >= 0.3 is 0 Å². The molecule has 1 atom stereocenters. The van der Waals surface area contributed by atoms with Gasteiger partial charge in [-0.05, 0) is 56.5 Å². The molecule has 1 unspecified atom stereocenters. The first-order valence-electron chi connectivity index (χ1n) is 10.4. The van der Waals surface area contributed by atoms with E-state index in [4.69, 9.17) is 9.47 Å². The van der Waals surface area contributed by atoms with Crippen molar-refractivity contribution >= 4 is 5.96 Å². The molecule has 0 bridgehead atoms. The molecule has 0 amide bonds. The molecule has 0 aliphatic carbocycles. The summed E-state index contributed by atoms with van der Waals surface area (Å²) in [6.45, 7) is 5.63. The molecule has 6 nitrogen and oxygen atoms in total. The number of hydrogen-bond acceptors (Lipinski definition) is 4. The summed E-state index contributed by atoms with van der Waals surface area (Å²) in [5.41, 5.74) is 2.79. The summed E-state index contributed by atoms with van der Waals surface area (Å²) in [6, 6.07) is 8.79. The third-order valence-corrected chi connectivity index (χ3v) is 5.56. The van der Waals surface area contributed by atoms with Crippen molar-refractivity contribution in [3.63, 3.8) is 0 Å². The summed E-state index contributed by atoms with van der Waals surface area (Å²) >= 11 is 0. The van der Waals surface area contributed by atoms with Crippen LogP contribution in [-0.4, -0.2) is 64.4 Å². The van der Waals surface area contributed by atoms with Gasteiger partial charge in [0, 0.05) is 20.1 Å². The number of nitrogens with zero attached hydrogens (tertiary/aromatic N) is 2. The number of nitrogens with one attached hydrogen (secondary N) is 2. The Morgan fingerprint density at radius 1 is 1.21 bits per heavy atom. The zero-order valence-corrected chi connectivity index (χ0v) is 17.2. The number of benzene rings is 1. The normalized spacial score (nSPS) is 19.2. The first-order valence-corrected chi connectivity index (χ1v) is 10.4. The van der Waals surface area contributed by atoms with Crippen LogP contribution < -0.4 is 15.4 Å². The van der Waals surface area contributed by atoms with Gasteiger partial charge in [0.15, 0.2) is 5.96 Å². The first-order chi connectivity index (χ1) is 13.8. The maximum absolute atomic E-state index is 5.37. The van der Waals surface area contributed by atoms with Crippen LogP contribution in [0, 0.1) is 0 Å². The monoisotopic (exact) mass is 386 g/mol. The molecule has 3 rings (SSSR count). The number of ether oxygens (including phenoxy) is 2. The third-order valence-electron chi connectivity index (χ3n) is 5.56. The minimum Gasteiger partial charge on any atom is -0.497 e. The van der Waals surface area contributed by atoms with E-state index in [0.717, 1.165) is 63.9 Å². The lowest BCUT2D eigenvalue weighted by molar-refractivity contribution is 0.153. The Labute approximate surface area is 169 Å². The van der Waals surface area contributed by atoms with Crippen molar-refractivity contribution in [1.29, 1.82) is 0 Å². The van der Waals surface area contributed by atoms with Crippen LogP contribution in [0.2, 0.25) is 0 Å². The molecule has 2 aliphatic heterocycles. The Morgan fingerprint density at radius 3 is 2.64 bits per heavy atom. The lowest BCUT2D eigenvalue weighted by Gasteiger charge is -2.29. The number of guanidine groups is 1. The summed E-state index contributed by atoms with van der Waals surface area (Å²) in [5.74, 6) is 1.77. The molecule has 154 valence electrons. The van der Waals surface area contributed by atoms with E-state index in [1.165, 1.54) is 24.0 Å². The minimum absolute atomic E-state index is 0.338. The average Bonchev–Trinajstić information content (AvgIpc) is 3.28. The van der Waals surface area contributed by atoms with Gasteiger partial charge in [-0.3, -0.25) is 9.89 Å². The van der Waals surface area contributed by atoms with Gasteiger partial charge in [0.2, 0.25) is 0 Å². The van der Waals surface area contributed by atoms with Crippen molar-refractivity contribution in [2.24, 2.45) is 4.99 Å². The van der Waals surface area contributed by atoms with E-state index in [9.17, 15) is 0 Å². The molecular formula is C22H34N4O2. The fraction of sp³-hybridized carbons (Fsp3) is 0.591. The fourth-order valence-corrected chi connectivity index (χ4v) is 3.89. The Hall–Kier alpha value is -2.05. The van der Waals surface area contributed by atoms with Crippen molar-refractivity contribution in [2.45, 2.75) is 31.7 Å². The second kappa shape index (κ2) is 11.1. The lowest BCUT2D eigenvalue weighted by atomic mass is 10.1. The topological polar surface area (TPSA) is 58.1 Å². The number of methoxy groups -OCH3 is 1. The van der Waals surface area contributed by atoms with Gasteiger partial charge < -0.3 is 20.1 Å². The molecule has 2 heterocycles. The molecule has 2 N–H and O–H groups in total. The van der Waals surface area contributed by atoms with E-state index >= 15 is 0 Å². The quantitative estimate of drug-likeness (QED) is 0.409. The summed E-state index contributed by atoms with van der Waals surface area (Å²) in [7, 11) is 3.54. The Kier molecular flexibility index (Phi) is 8.18. The molecule has 6 heteroatoms. The highest BCUT2D eigenvalue weighted by atomic mass is 16.5. The molecule has 2 aliphatic rings. The third kappa shape index (κ3) is 5.97. The highest BCUT2D eigenvalue weighted by molar-refractivity contribution is 5.79. The molecule has 28 heavy (non-hydrogen) atoms. The summed E-state index contributed by atoms with van der Waals surface area (Å²) in [4.78, 5) is 6.97. The largest absolute Gasteiger partial charge is 0.497 e. The van der Waals surface area contributed by atoms with E-state index in [1.54, 1.807) is 7.11 Å². The molecule has 0 aromatic heterocycles. The van der Waals surface area contributed by atoms with Gasteiger partial charge in [0.25, 0.3) is 0 Å². The van der Waals surface area contributed by atoms with E-state index in [1.807, 2.05) is 19.2 Å². The predicted molar refractivity (Wildman–Crippen MR) is 114 cm³/mol. The number of hydrogen-bond donors (Lipinski definition) is 2. The van der Waals surface area contributed by atoms with Crippen LogP contribution in [0.4, 0.5) is 0 Å². The number of rotatable bonds is 8. The Balaban J connectivity index is 1.54. The molecule has 0 spiro atoms. The average molecular weight is 387 g/mol. The van der Waals surface area contributed by atoms with Gasteiger partial charge in [-0.2, -0.15) is 0 Å². The van der Waals surface area contributed by atoms with Crippen LogP contribution in [0.1, 0.15) is 37.3 Å². The molecule has 1 saturated heterocycles. The van der Waals surface area contributed by atoms with Gasteiger partial charge in [0.05, 0.1) is 26.4 Å². The van der Waals surface area contributed by atoms with Crippen molar-refractivity contribution in [1.82, 2.24) is 15.5 Å². The van der Waals surface area contributed by atoms with Crippen LogP contribution in [0.3, 0.4) is 0 Å². The first kappa shape index (κ1) is 20.7. The van der Waals surface area contributed by atoms with Crippen molar-refractivity contribution in [2.75, 3.05) is 53.6 Å². The van der Waals surface area contributed by atoms with E-state index in [0.29, 0.717) is 6.04 Å².